The first kappa shape index (κ1) is 22.5. The van der Waals surface area contributed by atoms with E-state index >= 15 is 0 Å². The standard InChI is InChI=1S/C22H26N6O2S2/c1-3-13-28-19(15-9-11-17(30-2)12-10-15)24-27-22(28)31-14-18(29)23-21-26-25-20(32-21)16-7-5-4-6-8-16/h3,9-12,16H,1,4-8,13-14H2,2H3,(H,23,26,29). The highest BCUT2D eigenvalue weighted by molar-refractivity contribution is 7.99. The number of aromatic nitrogens is 5. The molecule has 1 amide bonds. The van der Waals surface area contributed by atoms with Crippen LogP contribution in [0.15, 0.2) is 42.1 Å². The molecule has 0 spiro atoms. The summed E-state index contributed by atoms with van der Waals surface area (Å²) in [6.07, 6.45) is 7.89. The molecule has 0 radical (unpaired) electrons. The number of carbonyl (C=O) groups excluding carboxylic acids is 1. The van der Waals surface area contributed by atoms with Crippen LogP contribution in [-0.2, 0) is 11.3 Å². The lowest BCUT2D eigenvalue weighted by molar-refractivity contribution is -0.113. The smallest absolute Gasteiger partial charge is 0.236 e. The number of amides is 1. The van der Waals surface area contributed by atoms with Crippen molar-refractivity contribution in [1.82, 2.24) is 25.0 Å². The lowest BCUT2D eigenvalue weighted by Crippen LogP contribution is -2.14. The summed E-state index contributed by atoms with van der Waals surface area (Å²) in [5, 5.41) is 22.2. The first-order valence-corrected chi connectivity index (χ1v) is 12.4. The molecular formula is C22H26N6O2S2. The van der Waals surface area contributed by atoms with Gasteiger partial charge in [-0.05, 0) is 37.1 Å². The summed E-state index contributed by atoms with van der Waals surface area (Å²) in [5.41, 5.74) is 0.917. The average molecular weight is 471 g/mol. The quantitative estimate of drug-likeness (QED) is 0.355. The average Bonchev–Trinajstić information content (AvgIpc) is 3.46. The second kappa shape index (κ2) is 10.7. The molecule has 168 valence electrons. The molecule has 3 aromatic rings. The normalized spacial score (nSPS) is 14.3. The predicted molar refractivity (Wildman–Crippen MR) is 127 cm³/mol. The first-order valence-electron chi connectivity index (χ1n) is 10.6. The second-order valence-corrected chi connectivity index (χ2v) is 9.50. The van der Waals surface area contributed by atoms with Crippen molar-refractivity contribution < 1.29 is 9.53 Å². The minimum Gasteiger partial charge on any atom is -0.497 e. The van der Waals surface area contributed by atoms with Gasteiger partial charge in [-0.1, -0.05) is 48.4 Å². The number of anilines is 1. The van der Waals surface area contributed by atoms with E-state index in [9.17, 15) is 4.79 Å². The Bertz CT molecular complexity index is 1060. The molecule has 1 saturated carbocycles. The third kappa shape index (κ3) is 5.36. The highest BCUT2D eigenvalue weighted by Crippen LogP contribution is 2.35. The van der Waals surface area contributed by atoms with Crippen LogP contribution in [0.25, 0.3) is 11.4 Å². The van der Waals surface area contributed by atoms with Gasteiger partial charge in [-0.3, -0.25) is 14.7 Å². The Morgan fingerprint density at radius 3 is 2.72 bits per heavy atom. The fourth-order valence-corrected chi connectivity index (χ4v) is 5.40. The molecule has 2 aromatic heterocycles. The Hall–Kier alpha value is -2.72. The van der Waals surface area contributed by atoms with E-state index in [0.29, 0.717) is 22.8 Å². The van der Waals surface area contributed by atoms with Crippen molar-refractivity contribution in [3.05, 3.63) is 41.9 Å². The highest BCUT2D eigenvalue weighted by Gasteiger charge is 2.21. The van der Waals surface area contributed by atoms with Gasteiger partial charge in [0, 0.05) is 18.0 Å². The monoisotopic (exact) mass is 470 g/mol. The summed E-state index contributed by atoms with van der Waals surface area (Å²) in [7, 11) is 1.63. The molecule has 1 fully saturated rings. The fourth-order valence-electron chi connectivity index (χ4n) is 3.73. The molecule has 8 nitrogen and oxygen atoms in total. The molecule has 10 heteroatoms. The molecule has 1 aliphatic rings. The van der Waals surface area contributed by atoms with Crippen LogP contribution < -0.4 is 10.1 Å². The van der Waals surface area contributed by atoms with Crippen LogP contribution >= 0.6 is 23.1 Å². The van der Waals surface area contributed by atoms with Crippen LogP contribution in [0.4, 0.5) is 5.13 Å². The van der Waals surface area contributed by atoms with Gasteiger partial charge in [0.2, 0.25) is 11.0 Å². The van der Waals surface area contributed by atoms with E-state index in [0.717, 1.165) is 35.0 Å². The molecule has 1 aliphatic carbocycles. The number of rotatable bonds is 9. The van der Waals surface area contributed by atoms with E-state index in [4.69, 9.17) is 4.74 Å². The Kier molecular flexibility index (Phi) is 7.54. The van der Waals surface area contributed by atoms with Gasteiger partial charge in [-0.15, -0.1) is 27.0 Å². The van der Waals surface area contributed by atoms with E-state index in [1.54, 1.807) is 13.2 Å². The lowest BCUT2D eigenvalue weighted by atomic mass is 9.90. The second-order valence-electron chi connectivity index (χ2n) is 7.55. The Balaban J connectivity index is 1.38. The highest BCUT2D eigenvalue weighted by atomic mass is 32.2. The molecule has 0 atom stereocenters. The molecule has 0 unspecified atom stereocenters. The Labute approximate surface area is 195 Å². The first-order chi connectivity index (χ1) is 15.7. The van der Waals surface area contributed by atoms with Gasteiger partial charge in [-0.25, -0.2) is 0 Å². The summed E-state index contributed by atoms with van der Waals surface area (Å²) in [6, 6.07) is 7.63. The zero-order valence-corrected chi connectivity index (χ0v) is 19.6. The van der Waals surface area contributed by atoms with E-state index in [1.165, 1.54) is 42.4 Å². The number of thioether (sulfide) groups is 1. The zero-order valence-electron chi connectivity index (χ0n) is 18.0. The van der Waals surface area contributed by atoms with Crippen LogP contribution in [0.1, 0.15) is 43.0 Å². The van der Waals surface area contributed by atoms with Gasteiger partial charge < -0.3 is 4.74 Å². The summed E-state index contributed by atoms with van der Waals surface area (Å²) >= 11 is 2.82. The minimum absolute atomic E-state index is 0.138. The molecule has 0 aliphatic heterocycles. The number of nitrogens with one attached hydrogen (secondary N) is 1. The van der Waals surface area contributed by atoms with Crippen molar-refractivity contribution in [2.24, 2.45) is 0 Å². The maximum atomic E-state index is 12.5. The van der Waals surface area contributed by atoms with Crippen molar-refractivity contribution in [2.75, 3.05) is 18.2 Å². The third-order valence-electron chi connectivity index (χ3n) is 5.35. The fraction of sp³-hybridized carbons (Fsp3) is 0.409. The molecule has 1 N–H and O–H groups in total. The number of methoxy groups -OCH3 is 1. The Morgan fingerprint density at radius 2 is 2.00 bits per heavy atom. The third-order valence-corrected chi connectivity index (χ3v) is 7.32. The largest absolute Gasteiger partial charge is 0.497 e. The van der Waals surface area contributed by atoms with E-state index in [2.05, 4.69) is 32.3 Å². The predicted octanol–water partition coefficient (Wildman–Crippen LogP) is 4.77. The lowest BCUT2D eigenvalue weighted by Gasteiger charge is -2.18. The number of hydrogen-bond acceptors (Lipinski definition) is 8. The van der Waals surface area contributed by atoms with Crippen molar-refractivity contribution >= 4 is 34.1 Å². The van der Waals surface area contributed by atoms with Gasteiger partial charge in [0.05, 0.1) is 12.9 Å². The number of ether oxygens (including phenoxy) is 1. The molecular weight excluding hydrogens is 444 g/mol. The van der Waals surface area contributed by atoms with Crippen molar-refractivity contribution in [3.8, 4) is 17.1 Å². The number of allylic oxidation sites excluding steroid dienone is 1. The van der Waals surface area contributed by atoms with Crippen molar-refractivity contribution in [3.63, 3.8) is 0 Å². The molecule has 32 heavy (non-hydrogen) atoms. The van der Waals surface area contributed by atoms with E-state index < -0.39 is 0 Å². The van der Waals surface area contributed by atoms with Crippen molar-refractivity contribution in [1.29, 1.82) is 0 Å². The molecule has 1 aromatic carbocycles. The summed E-state index contributed by atoms with van der Waals surface area (Å²) < 4.78 is 7.16. The SMILES string of the molecule is C=CCn1c(SCC(=O)Nc2nnc(C3CCCCC3)s2)nnc1-c1ccc(OC)cc1. The molecule has 0 saturated heterocycles. The van der Waals surface area contributed by atoms with E-state index in [-0.39, 0.29) is 11.7 Å². The van der Waals surface area contributed by atoms with Gasteiger partial charge in [0.15, 0.2) is 11.0 Å². The maximum absolute atomic E-state index is 12.5. The van der Waals surface area contributed by atoms with Gasteiger partial charge >= 0.3 is 0 Å². The van der Waals surface area contributed by atoms with Crippen molar-refractivity contribution in [2.45, 2.75) is 49.7 Å². The number of nitrogens with zero attached hydrogens (tertiary/aromatic N) is 5. The van der Waals surface area contributed by atoms with Gasteiger partial charge in [-0.2, -0.15) is 0 Å². The molecule has 4 rings (SSSR count). The molecule has 2 heterocycles. The minimum atomic E-state index is -0.138. The van der Waals surface area contributed by atoms with Crippen LogP contribution in [0.2, 0.25) is 0 Å². The van der Waals surface area contributed by atoms with Crippen LogP contribution in [0.3, 0.4) is 0 Å². The van der Waals surface area contributed by atoms with Gasteiger partial charge in [0.1, 0.15) is 10.8 Å². The topological polar surface area (TPSA) is 94.8 Å². The Morgan fingerprint density at radius 1 is 1.22 bits per heavy atom. The number of carbonyl (C=O) groups is 1. The summed E-state index contributed by atoms with van der Waals surface area (Å²) in [6.45, 7) is 4.37. The zero-order chi connectivity index (χ0) is 22.3. The van der Waals surface area contributed by atoms with Crippen LogP contribution in [0.5, 0.6) is 5.75 Å². The van der Waals surface area contributed by atoms with Crippen LogP contribution in [-0.4, -0.2) is 43.7 Å². The van der Waals surface area contributed by atoms with Crippen LogP contribution in [0, 0.1) is 0 Å². The number of benzene rings is 1. The maximum Gasteiger partial charge on any atom is 0.236 e. The van der Waals surface area contributed by atoms with Gasteiger partial charge in [0.25, 0.3) is 0 Å². The number of hydrogen-bond donors (Lipinski definition) is 1. The summed E-state index contributed by atoms with van der Waals surface area (Å²) in [5.74, 6) is 2.04. The summed E-state index contributed by atoms with van der Waals surface area (Å²) in [4.78, 5) is 12.5. The molecule has 0 bridgehead atoms. The van der Waals surface area contributed by atoms with E-state index in [1.807, 2.05) is 28.8 Å².